The van der Waals surface area contributed by atoms with Crippen molar-refractivity contribution in [2.45, 2.75) is 18.8 Å². The molecule has 4 rings (SSSR count). The molecule has 1 aromatic carbocycles. The molecule has 2 aromatic heterocycles. The molecule has 1 atom stereocenters. The zero-order chi connectivity index (χ0) is 17.1. The molecule has 7 nitrogen and oxygen atoms in total. The number of carbonyl (C=O) groups is 1. The molecule has 0 aliphatic carbocycles. The van der Waals surface area contributed by atoms with Crippen LogP contribution >= 0.6 is 0 Å². The molecule has 3 aromatic rings. The van der Waals surface area contributed by atoms with E-state index in [1.54, 1.807) is 12.4 Å². The highest BCUT2D eigenvalue weighted by molar-refractivity contribution is 5.78. The van der Waals surface area contributed by atoms with Crippen molar-refractivity contribution < 1.29 is 9.53 Å². The quantitative estimate of drug-likeness (QED) is 0.788. The van der Waals surface area contributed by atoms with Crippen LogP contribution in [-0.4, -0.2) is 50.7 Å². The fraction of sp³-hybridized carbons (Fsp3) is 0.333. The number of piperidine rings is 1. The van der Waals surface area contributed by atoms with E-state index >= 15 is 0 Å². The Bertz CT molecular complexity index is 864. The van der Waals surface area contributed by atoms with E-state index in [9.17, 15) is 4.79 Å². The van der Waals surface area contributed by atoms with Gasteiger partial charge < -0.3 is 9.64 Å². The highest BCUT2D eigenvalue weighted by Gasteiger charge is 2.27. The summed E-state index contributed by atoms with van der Waals surface area (Å²) in [5, 5.41) is 7.27. The maximum Gasteiger partial charge on any atom is 0.260 e. The monoisotopic (exact) mass is 337 g/mol. The van der Waals surface area contributed by atoms with Crippen LogP contribution in [0.5, 0.6) is 5.75 Å². The molecule has 1 aliphatic rings. The second-order valence-corrected chi connectivity index (χ2v) is 6.15. The SMILES string of the molecule is O=C(COc1ccccc1)N1CCC[C@H](c2[nH]nc3nccnc23)C1. The Morgan fingerprint density at radius 3 is 2.96 bits per heavy atom. The van der Waals surface area contributed by atoms with Gasteiger partial charge in [0, 0.05) is 31.4 Å². The largest absolute Gasteiger partial charge is 0.484 e. The van der Waals surface area contributed by atoms with E-state index in [0.717, 1.165) is 30.6 Å². The Morgan fingerprint density at radius 2 is 2.08 bits per heavy atom. The molecule has 1 saturated heterocycles. The zero-order valence-electron chi connectivity index (χ0n) is 13.8. The van der Waals surface area contributed by atoms with E-state index in [4.69, 9.17) is 4.74 Å². The second kappa shape index (κ2) is 6.88. The molecule has 3 heterocycles. The average Bonchev–Trinajstić information content (AvgIpc) is 3.11. The average molecular weight is 337 g/mol. The number of rotatable bonds is 4. The number of likely N-dealkylation sites (tertiary alicyclic amines) is 1. The van der Waals surface area contributed by atoms with Gasteiger partial charge in [0.15, 0.2) is 12.3 Å². The Labute approximate surface area is 145 Å². The lowest BCUT2D eigenvalue weighted by Gasteiger charge is -2.32. The lowest BCUT2D eigenvalue weighted by atomic mass is 9.94. The van der Waals surface area contributed by atoms with Crippen molar-refractivity contribution in [2.75, 3.05) is 19.7 Å². The van der Waals surface area contributed by atoms with E-state index in [-0.39, 0.29) is 18.4 Å². The van der Waals surface area contributed by atoms with Gasteiger partial charge in [-0.05, 0) is 25.0 Å². The summed E-state index contributed by atoms with van der Waals surface area (Å²) in [6, 6.07) is 9.40. The molecule has 0 radical (unpaired) electrons. The van der Waals surface area contributed by atoms with Gasteiger partial charge in [0.05, 0.1) is 5.69 Å². The van der Waals surface area contributed by atoms with Crippen LogP contribution in [0.15, 0.2) is 42.7 Å². The summed E-state index contributed by atoms with van der Waals surface area (Å²) in [5.41, 5.74) is 2.38. The third kappa shape index (κ3) is 3.31. The first-order chi connectivity index (χ1) is 12.3. The maximum atomic E-state index is 12.5. The number of carbonyl (C=O) groups excluding carboxylic acids is 1. The molecule has 25 heavy (non-hydrogen) atoms. The van der Waals surface area contributed by atoms with Gasteiger partial charge >= 0.3 is 0 Å². The Morgan fingerprint density at radius 1 is 1.24 bits per heavy atom. The van der Waals surface area contributed by atoms with E-state index < -0.39 is 0 Å². The highest BCUT2D eigenvalue weighted by Crippen LogP contribution is 2.29. The summed E-state index contributed by atoms with van der Waals surface area (Å²) in [6.07, 6.45) is 5.24. The van der Waals surface area contributed by atoms with Crippen LogP contribution in [0.2, 0.25) is 0 Å². The number of fused-ring (bicyclic) bond motifs is 1. The smallest absolute Gasteiger partial charge is 0.260 e. The second-order valence-electron chi connectivity index (χ2n) is 6.15. The van der Waals surface area contributed by atoms with Crippen molar-refractivity contribution in [3.8, 4) is 5.75 Å². The number of ether oxygens (including phenoxy) is 1. The minimum atomic E-state index is 0.00320. The van der Waals surface area contributed by atoms with Crippen molar-refractivity contribution in [1.29, 1.82) is 0 Å². The number of hydrogen-bond acceptors (Lipinski definition) is 5. The third-order valence-corrected chi connectivity index (χ3v) is 4.50. The van der Waals surface area contributed by atoms with Crippen molar-refractivity contribution in [3.05, 3.63) is 48.4 Å². The normalized spacial score (nSPS) is 17.6. The van der Waals surface area contributed by atoms with E-state index in [1.807, 2.05) is 35.2 Å². The van der Waals surface area contributed by atoms with Crippen molar-refractivity contribution in [3.63, 3.8) is 0 Å². The number of benzene rings is 1. The van der Waals surface area contributed by atoms with Gasteiger partial charge in [-0.1, -0.05) is 18.2 Å². The van der Waals surface area contributed by atoms with Crippen molar-refractivity contribution in [2.24, 2.45) is 0 Å². The summed E-state index contributed by atoms with van der Waals surface area (Å²) in [5.74, 6) is 0.902. The number of H-pyrrole nitrogens is 1. The van der Waals surface area contributed by atoms with Crippen LogP contribution in [0.1, 0.15) is 24.5 Å². The number of amides is 1. The summed E-state index contributed by atoms with van der Waals surface area (Å²) in [6.45, 7) is 1.45. The van der Waals surface area contributed by atoms with E-state index in [1.165, 1.54) is 0 Å². The number of hydrogen-bond donors (Lipinski definition) is 1. The minimum Gasteiger partial charge on any atom is -0.484 e. The number of nitrogens with zero attached hydrogens (tertiary/aromatic N) is 4. The molecule has 0 saturated carbocycles. The summed E-state index contributed by atoms with van der Waals surface area (Å²) >= 11 is 0. The first-order valence-corrected chi connectivity index (χ1v) is 8.42. The van der Waals surface area contributed by atoms with Crippen LogP contribution < -0.4 is 4.74 Å². The molecule has 1 aliphatic heterocycles. The molecule has 0 unspecified atom stereocenters. The van der Waals surface area contributed by atoms with Crippen LogP contribution in [0.4, 0.5) is 0 Å². The molecule has 0 bridgehead atoms. The molecule has 7 heteroatoms. The van der Waals surface area contributed by atoms with E-state index in [0.29, 0.717) is 17.9 Å². The molecule has 128 valence electrons. The van der Waals surface area contributed by atoms with Crippen LogP contribution in [-0.2, 0) is 4.79 Å². The standard InChI is InChI=1S/C18H19N5O2/c24-15(12-25-14-6-2-1-3-7-14)23-10-4-5-13(11-23)16-17-18(22-21-16)20-9-8-19-17/h1-3,6-9,13H,4-5,10-12H2,(H,20,21,22)/t13-/m0/s1. The minimum absolute atomic E-state index is 0.00320. The van der Waals surface area contributed by atoms with Crippen LogP contribution in [0.25, 0.3) is 11.2 Å². The highest BCUT2D eigenvalue weighted by atomic mass is 16.5. The molecule has 0 spiro atoms. The Balaban J connectivity index is 1.43. The number of nitrogens with one attached hydrogen (secondary N) is 1. The number of para-hydroxylation sites is 1. The Kier molecular flexibility index (Phi) is 4.28. The van der Waals surface area contributed by atoms with Gasteiger partial charge in [0.2, 0.25) is 0 Å². The van der Waals surface area contributed by atoms with Gasteiger partial charge in [-0.25, -0.2) is 9.97 Å². The first-order valence-electron chi connectivity index (χ1n) is 8.42. The fourth-order valence-electron chi connectivity index (χ4n) is 3.25. The van der Waals surface area contributed by atoms with Gasteiger partial charge in [0.1, 0.15) is 11.3 Å². The molecule has 1 amide bonds. The predicted molar refractivity (Wildman–Crippen MR) is 92.2 cm³/mol. The van der Waals surface area contributed by atoms with Gasteiger partial charge in [0.25, 0.3) is 5.91 Å². The van der Waals surface area contributed by atoms with Gasteiger partial charge in [-0.3, -0.25) is 9.89 Å². The maximum absolute atomic E-state index is 12.5. The predicted octanol–water partition coefficient (Wildman–Crippen LogP) is 2.14. The van der Waals surface area contributed by atoms with Crippen molar-refractivity contribution in [1.82, 2.24) is 25.1 Å². The zero-order valence-corrected chi connectivity index (χ0v) is 13.8. The molecule has 1 N–H and O–H groups in total. The summed E-state index contributed by atoms with van der Waals surface area (Å²) in [4.78, 5) is 22.9. The number of aromatic nitrogens is 4. The summed E-state index contributed by atoms with van der Waals surface area (Å²) in [7, 11) is 0. The first kappa shape index (κ1) is 15.6. The number of aromatic amines is 1. The van der Waals surface area contributed by atoms with Crippen molar-refractivity contribution >= 4 is 17.1 Å². The van der Waals surface area contributed by atoms with Gasteiger partial charge in [-0.2, -0.15) is 5.10 Å². The molecular weight excluding hydrogens is 318 g/mol. The lowest BCUT2D eigenvalue weighted by Crippen LogP contribution is -2.41. The topological polar surface area (TPSA) is 84.0 Å². The van der Waals surface area contributed by atoms with Crippen LogP contribution in [0.3, 0.4) is 0 Å². The van der Waals surface area contributed by atoms with Crippen LogP contribution in [0, 0.1) is 0 Å². The Hall–Kier alpha value is -2.96. The summed E-state index contributed by atoms with van der Waals surface area (Å²) < 4.78 is 5.58. The lowest BCUT2D eigenvalue weighted by molar-refractivity contribution is -0.134. The molecular formula is C18H19N5O2. The molecule has 1 fully saturated rings. The van der Waals surface area contributed by atoms with E-state index in [2.05, 4.69) is 20.2 Å². The van der Waals surface area contributed by atoms with Gasteiger partial charge in [-0.15, -0.1) is 0 Å². The fourth-order valence-corrected chi connectivity index (χ4v) is 3.25. The third-order valence-electron chi connectivity index (χ3n) is 4.50.